The Morgan fingerprint density at radius 2 is 2.16 bits per heavy atom. The number of carboxylic acids is 1. The molecule has 1 heterocycles. The van der Waals surface area contributed by atoms with Gasteiger partial charge in [-0.3, -0.25) is 0 Å². The van der Waals surface area contributed by atoms with Gasteiger partial charge in [0.2, 0.25) is 0 Å². The van der Waals surface area contributed by atoms with Crippen LogP contribution in [0.25, 0.3) is 0 Å². The van der Waals surface area contributed by atoms with Crippen molar-refractivity contribution in [2.45, 2.75) is 37.5 Å². The summed E-state index contributed by atoms with van der Waals surface area (Å²) < 4.78 is 38.3. The molecule has 0 bridgehead atoms. The molecule has 1 aromatic heterocycles. The van der Waals surface area contributed by atoms with Crippen molar-refractivity contribution < 1.29 is 28.2 Å². The molecule has 0 aliphatic heterocycles. The number of hydrogen-bond acceptors (Lipinski definition) is 3. The van der Waals surface area contributed by atoms with Crippen molar-refractivity contribution >= 4 is 17.3 Å². The van der Waals surface area contributed by atoms with Gasteiger partial charge in [0.05, 0.1) is 16.4 Å². The summed E-state index contributed by atoms with van der Waals surface area (Å²) in [4.78, 5) is 11.2. The van der Waals surface area contributed by atoms with E-state index in [-0.39, 0.29) is 29.7 Å². The first-order valence-electron chi connectivity index (χ1n) is 5.84. The van der Waals surface area contributed by atoms with E-state index in [4.69, 9.17) is 5.11 Å². The van der Waals surface area contributed by atoms with Gasteiger partial charge in [-0.1, -0.05) is 0 Å². The lowest BCUT2D eigenvalue weighted by molar-refractivity contribution is -0.201. The summed E-state index contributed by atoms with van der Waals surface area (Å²) in [5.74, 6) is -2.80. The van der Waals surface area contributed by atoms with Gasteiger partial charge in [-0.25, -0.2) is 4.79 Å². The third-order valence-electron chi connectivity index (χ3n) is 3.51. The second-order valence-corrected chi connectivity index (χ2v) is 5.75. The molecule has 0 spiro atoms. The van der Waals surface area contributed by atoms with Gasteiger partial charge in [-0.2, -0.15) is 13.2 Å². The van der Waals surface area contributed by atoms with E-state index in [0.717, 1.165) is 11.3 Å². The predicted molar refractivity (Wildman–Crippen MR) is 63.2 cm³/mol. The van der Waals surface area contributed by atoms with Crippen LogP contribution in [0.1, 0.15) is 40.9 Å². The summed E-state index contributed by atoms with van der Waals surface area (Å²) in [5, 5.41) is 20.9. The maximum atomic E-state index is 12.8. The molecule has 1 aromatic rings. The summed E-state index contributed by atoms with van der Waals surface area (Å²) in [7, 11) is 0. The number of aromatic carboxylic acids is 1. The van der Waals surface area contributed by atoms with Crippen molar-refractivity contribution in [3.63, 3.8) is 0 Å². The Morgan fingerprint density at radius 3 is 2.74 bits per heavy atom. The Balaban J connectivity index is 2.31. The topological polar surface area (TPSA) is 57.5 Å². The molecule has 2 unspecified atom stereocenters. The number of carboxylic acid groups (broad SMARTS) is 1. The summed E-state index contributed by atoms with van der Waals surface area (Å²) in [6.07, 6.45) is -4.43. The Labute approximate surface area is 111 Å². The molecule has 7 heteroatoms. The third-order valence-corrected chi connectivity index (χ3v) is 4.62. The van der Waals surface area contributed by atoms with Crippen molar-refractivity contribution in [2.75, 3.05) is 0 Å². The van der Waals surface area contributed by atoms with Crippen LogP contribution in [-0.4, -0.2) is 22.4 Å². The molecule has 1 aliphatic rings. The molecule has 2 rings (SSSR count). The van der Waals surface area contributed by atoms with Crippen LogP contribution in [0.5, 0.6) is 0 Å². The molecule has 1 saturated carbocycles. The van der Waals surface area contributed by atoms with E-state index in [1.54, 1.807) is 0 Å². The van der Waals surface area contributed by atoms with Crippen LogP contribution >= 0.6 is 11.3 Å². The normalized spacial score (nSPS) is 28.3. The molecule has 3 nitrogen and oxygen atoms in total. The number of thiophene rings is 1. The number of carbonyl (C=O) groups is 1. The van der Waals surface area contributed by atoms with Gasteiger partial charge in [0.1, 0.15) is 5.60 Å². The zero-order valence-electron chi connectivity index (χ0n) is 9.91. The zero-order chi connectivity index (χ0) is 14.3. The van der Waals surface area contributed by atoms with Crippen LogP contribution in [0.4, 0.5) is 13.2 Å². The summed E-state index contributed by atoms with van der Waals surface area (Å²) in [6, 6.07) is 1.32. The monoisotopic (exact) mass is 294 g/mol. The fraction of sp³-hybridized carbons (Fsp3) is 0.583. The van der Waals surface area contributed by atoms with Crippen LogP contribution < -0.4 is 0 Å². The van der Waals surface area contributed by atoms with E-state index >= 15 is 0 Å². The quantitative estimate of drug-likeness (QED) is 0.879. The lowest BCUT2D eigenvalue weighted by Crippen LogP contribution is -2.38. The van der Waals surface area contributed by atoms with Gasteiger partial charge in [0, 0.05) is 0 Å². The average Bonchev–Trinajstić information content (AvgIpc) is 2.77. The van der Waals surface area contributed by atoms with Gasteiger partial charge >= 0.3 is 12.1 Å². The Hall–Kier alpha value is -1.08. The Kier molecular flexibility index (Phi) is 3.61. The van der Waals surface area contributed by atoms with E-state index < -0.39 is 30.1 Å². The van der Waals surface area contributed by atoms with Gasteiger partial charge in [-0.15, -0.1) is 11.3 Å². The highest BCUT2D eigenvalue weighted by Gasteiger charge is 2.48. The largest absolute Gasteiger partial charge is 0.478 e. The van der Waals surface area contributed by atoms with Crippen molar-refractivity contribution in [3.05, 3.63) is 21.9 Å². The standard InChI is InChI=1S/C12H13F3O3S/c13-12(14,15)7-2-1-4-11(18,6-7)9-8(10(16)17)3-5-19-9/h3,5,7,18H,1-2,4,6H2,(H,16,17). The second-order valence-electron chi connectivity index (χ2n) is 4.84. The molecule has 0 aromatic carbocycles. The molecule has 0 amide bonds. The van der Waals surface area contributed by atoms with Crippen LogP contribution in [-0.2, 0) is 5.60 Å². The summed E-state index contributed by atoms with van der Waals surface area (Å²) in [5.41, 5.74) is -1.78. The van der Waals surface area contributed by atoms with Gasteiger partial charge in [0.15, 0.2) is 0 Å². The number of halogens is 3. The smallest absolute Gasteiger partial charge is 0.391 e. The highest BCUT2D eigenvalue weighted by Crippen LogP contribution is 2.48. The maximum absolute atomic E-state index is 12.8. The molecule has 0 radical (unpaired) electrons. The molecular weight excluding hydrogens is 281 g/mol. The molecule has 1 aliphatic carbocycles. The highest BCUT2D eigenvalue weighted by molar-refractivity contribution is 7.10. The fourth-order valence-electron chi connectivity index (χ4n) is 2.58. The van der Waals surface area contributed by atoms with E-state index in [2.05, 4.69) is 0 Å². The van der Waals surface area contributed by atoms with Crippen LogP contribution in [0.3, 0.4) is 0 Å². The lowest BCUT2D eigenvalue weighted by atomic mass is 9.76. The van der Waals surface area contributed by atoms with E-state index in [1.807, 2.05) is 0 Å². The minimum atomic E-state index is -4.35. The third kappa shape index (κ3) is 2.76. The molecular formula is C12H13F3O3S. The Morgan fingerprint density at radius 1 is 1.47 bits per heavy atom. The number of aliphatic hydroxyl groups is 1. The minimum Gasteiger partial charge on any atom is -0.478 e. The van der Waals surface area contributed by atoms with Gasteiger partial charge in [0.25, 0.3) is 0 Å². The van der Waals surface area contributed by atoms with E-state index in [9.17, 15) is 23.1 Å². The average molecular weight is 294 g/mol. The fourth-order valence-corrected chi connectivity index (χ4v) is 3.60. The molecule has 106 valence electrons. The Bertz CT molecular complexity index is 483. The second kappa shape index (κ2) is 4.79. The van der Waals surface area contributed by atoms with Crippen LogP contribution in [0.15, 0.2) is 11.4 Å². The van der Waals surface area contributed by atoms with Gasteiger partial charge < -0.3 is 10.2 Å². The van der Waals surface area contributed by atoms with Crippen LogP contribution in [0, 0.1) is 5.92 Å². The van der Waals surface area contributed by atoms with E-state index in [1.165, 1.54) is 11.4 Å². The van der Waals surface area contributed by atoms with Crippen molar-refractivity contribution in [1.29, 1.82) is 0 Å². The number of rotatable bonds is 2. The first kappa shape index (κ1) is 14.3. The molecule has 1 fully saturated rings. The molecule has 2 N–H and O–H groups in total. The summed E-state index contributed by atoms with van der Waals surface area (Å²) in [6.45, 7) is 0. The molecule has 19 heavy (non-hydrogen) atoms. The first-order valence-corrected chi connectivity index (χ1v) is 6.72. The van der Waals surface area contributed by atoms with Crippen molar-refractivity contribution in [1.82, 2.24) is 0 Å². The summed E-state index contributed by atoms with van der Waals surface area (Å²) >= 11 is 0.998. The molecule has 0 saturated heterocycles. The SMILES string of the molecule is O=C(O)c1ccsc1C1(O)CCCC(C(F)(F)F)C1. The van der Waals surface area contributed by atoms with Gasteiger partial charge in [-0.05, 0) is 37.1 Å². The minimum absolute atomic E-state index is 0.0143. The number of hydrogen-bond donors (Lipinski definition) is 2. The van der Waals surface area contributed by atoms with Crippen molar-refractivity contribution in [3.8, 4) is 0 Å². The predicted octanol–water partition coefficient (Wildman–Crippen LogP) is 3.39. The first-order chi connectivity index (χ1) is 8.74. The lowest BCUT2D eigenvalue weighted by Gasteiger charge is -2.37. The van der Waals surface area contributed by atoms with E-state index in [0.29, 0.717) is 0 Å². The zero-order valence-corrected chi connectivity index (χ0v) is 10.7. The maximum Gasteiger partial charge on any atom is 0.391 e. The van der Waals surface area contributed by atoms with Crippen LogP contribution in [0.2, 0.25) is 0 Å². The highest BCUT2D eigenvalue weighted by atomic mass is 32.1. The molecule has 2 atom stereocenters. The van der Waals surface area contributed by atoms with Crippen molar-refractivity contribution in [2.24, 2.45) is 5.92 Å². The number of alkyl halides is 3.